The van der Waals surface area contributed by atoms with Crippen LogP contribution >= 0.6 is 11.8 Å². The zero-order chi connectivity index (χ0) is 24.6. The maximum atomic E-state index is 14.3. The number of hydrogen-bond donors (Lipinski definition) is 0. The molecule has 1 aliphatic rings. The van der Waals surface area contributed by atoms with E-state index in [0.717, 1.165) is 46.1 Å². The minimum atomic E-state index is -0.233. The first-order valence-electron chi connectivity index (χ1n) is 12.4. The monoisotopic (exact) mass is 480 g/mol. The predicted molar refractivity (Wildman–Crippen MR) is 146 cm³/mol. The van der Waals surface area contributed by atoms with Gasteiger partial charge in [0.25, 0.3) is 5.56 Å². The molecule has 1 unspecified atom stereocenters. The summed E-state index contributed by atoms with van der Waals surface area (Å²) in [4.78, 5) is 19.5. The first-order valence-corrected chi connectivity index (χ1v) is 13.3. The van der Waals surface area contributed by atoms with E-state index in [4.69, 9.17) is 4.98 Å². The highest BCUT2D eigenvalue weighted by Gasteiger charge is 2.38. The first-order chi connectivity index (χ1) is 16.9. The van der Waals surface area contributed by atoms with Crippen LogP contribution in [0, 0.1) is 13.8 Å². The summed E-state index contributed by atoms with van der Waals surface area (Å²) in [7, 11) is 0. The Morgan fingerprint density at radius 3 is 2.49 bits per heavy atom. The third-order valence-corrected chi connectivity index (χ3v) is 8.43. The van der Waals surface area contributed by atoms with Crippen LogP contribution in [0.5, 0.6) is 0 Å². The smallest absolute Gasteiger partial charge is 0.258 e. The fourth-order valence-corrected chi connectivity index (χ4v) is 6.22. The number of aromatic nitrogens is 2. The predicted octanol–water partition coefficient (Wildman–Crippen LogP) is 7.09. The number of aryl methyl sites for hydroxylation is 2. The molecule has 35 heavy (non-hydrogen) atoms. The van der Waals surface area contributed by atoms with Crippen molar-refractivity contribution < 1.29 is 0 Å². The van der Waals surface area contributed by atoms with Gasteiger partial charge in [0, 0.05) is 16.7 Å². The van der Waals surface area contributed by atoms with E-state index in [1.807, 2.05) is 22.8 Å². The molecule has 0 aliphatic heterocycles. The highest BCUT2D eigenvalue weighted by Crippen LogP contribution is 2.43. The van der Waals surface area contributed by atoms with Gasteiger partial charge in [0.2, 0.25) is 0 Å². The summed E-state index contributed by atoms with van der Waals surface area (Å²) in [6.07, 6.45) is 1.76. The molecule has 1 heterocycles. The van der Waals surface area contributed by atoms with Crippen molar-refractivity contribution in [3.8, 4) is 11.3 Å². The maximum absolute atomic E-state index is 14.3. The van der Waals surface area contributed by atoms with Crippen molar-refractivity contribution in [2.75, 3.05) is 0 Å². The van der Waals surface area contributed by atoms with Crippen molar-refractivity contribution in [1.82, 2.24) is 9.55 Å². The van der Waals surface area contributed by atoms with Crippen molar-refractivity contribution in [1.29, 1.82) is 0 Å². The number of thioether (sulfide) groups is 1. The van der Waals surface area contributed by atoms with E-state index >= 15 is 0 Å². The minimum absolute atomic E-state index is 0.0980. The Labute approximate surface area is 212 Å². The van der Waals surface area contributed by atoms with Crippen LogP contribution in [0.3, 0.4) is 0 Å². The normalized spacial score (nSPS) is 16.6. The summed E-state index contributed by atoms with van der Waals surface area (Å²) >= 11 is 1.66. The van der Waals surface area contributed by atoms with Crippen molar-refractivity contribution in [2.24, 2.45) is 0 Å². The molecule has 1 atom stereocenters. The fourth-order valence-electron chi connectivity index (χ4n) is 5.16. The topological polar surface area (TPSA) is 34.9 Å². The van der Waals surface area contributed by atoms with Gasteiger partial charge in [-0.05, 0) is 48.9 Å². The van der Waals surface area contributed by atoms with Crippen LogP contribution in [0.15, 0.2) is 82.7 Å². The number of nitrogens with zero attached hydrogens (tertiary/aromatic N) is 2. The Bertz CT molecular complexity index is 1440. The molecule has 4 aromatic rings. The molecular weight excluding hydrogens is 448 g/mol. The van der Waals surface area contributed by atoms with Gasteiger partial charge in [0.05, 0.1) is 17.8 Å². The van der Waals surface area contributed by atoms with Gasteiger partial charge < -0.3 is 0 Å². The second kappa shape index (κ2) is 9.50. The van der Waals surface area contributed by atoms with Crippen LogP contribution in [0.1, 0.15) is 53.6 Å². The molecule has 5 rings (SSSR count). The molecule has 1 aliphatic carbocycles. The van der Waals surface area contributed by atoms with Gasteiger partial charge in [0.1, 0.15) is 0 Å². The third-order valence-electron chi connectivity index (χ3n) is 7.41. The van der Waals surface area contributed by atoms with Gasteiger partial charge in [-0.15, -0.1) is 0 Å². The van der Waals surface area contributed by atoms with Crippen LogP contribution in [-0.4, -0.2) is 9.55 Å². The lowest BCUT2D eigenvalue weighted by molar-refractivity contribution is 0.430. The van der Waals surface area contributed by atoms with E-state index in [2.05, 4.69) is 82.3 Å². The minimum Gasteiger partial charge on any atom is -0.283 e. The molecule has 4 heteroatoms. The van der Waals surface area contributed by atoms with Crippen molar-refractivity contribution in [3.05, 3.63) is 117 Å². The van der Waals surface area contributed by atoms with Crippen LogP contribution < -0.4 is 5.56 Å². The van der Waals surface area contributed by atoms with E-state index < -0.39 is 0 Å². The standard InChI is InChI=1S/C31H32N2OS/c1-5-31(4)18-24-13-9-10-14-26(24)28-27(31)29(34)33(19-23-11-7-6-8-12-23)30(32-28)35-20-25-16-15-21(2)17-22(25)3/h6-17H,5,18-20H2,1-4H3. The summed E-state index contributed by atoms with van der Waals surface area (Å²) in [5.41, 5.74) is 8.91. The van der Waals surface area contributed by atoms with Gasteiger partial charge in [-0.3, -0.25) is 9.36 Å². The average molecular weight is 481 g/mol. The molecule has 0 saturated heterocycles. The van der Waals surface area contributed by atoms with E-state index in [1.54, 1.807) is 11.8 Å². The number of fused-ring (bicyclic) bond motifs is 3. The molecule has 0 N–H and O–H groups in total. The molecule has 3 nitrogen and oxygen atoms in total. The molecule has 0 fully saturated rings. The fraction of sp³-hybridized carbons (Fsp3) is 0.290. The zero-order valence-electron chi connectivity index (χ0n) is 21.0. The lowest BCUT2D eigenvalue weighted by atomic mass is 9.69. The lowest BCUT2D eigenvalue weighted by Crippen LogP contribution is -2.40. The van der Waals surface area contributed by atoms with Crippen LogP contribution in [0.2, 0.25) is 0 Å². The van der Waals surface area contributed by atoms with Crippen molar-refractivity contribution in [3.63, 3.8) is 0 Å². The average Bonchev–Trinajstić information content (AvgIpc) is 2.86. The molecule has 178 valence electrons. The molecule has 0 radical (unpaired) electrons. The summed E-state index contributed by atoms with van der Waals surface area (Å²) in [5.74, 6) is 0.777. The van der Waals surface area contributed by atoms with Crippen molar-refractivity contribution >= 4 is 11.8 Å². The van der Waals surface area contributed by atoms with E-state index in [9.17, 15) is 4.79 Å². The Hall–Kier alpha value is -3.11. The van der Waals surface area contributed by atoms with Crippen LogP contribution in [0.4, 0.5) is 0 Å². The summed E-state index contributed by atoms with van der Waals surface area (Å²) in [5, 5.41) is 0.785. The van der Waals surface area contributed by atoms with Crippen LogP contribution in [0.25, 0.3) is 11.3 Å². The molecule has 3 aromatic carbocycles. The Morgan fingerprint density at radius 2 is 1.74 bits per heavy atom. The first kappa shape index (κ1) is 23.6. The molecule has 1 aromatic heterocycles. The quantitative estimate of drug-likeness (QED) is 0.218. The summed E-state index contributed by atoms with van der Waals surface area (Å²) in [6, 6.07) is 25.3. The van der Waals surface area contributed by atoms with Crippen LogP contribution in [-0.2, 0) is 24.1 Å². The van der Waals surface area contributed by atoms with Gasteiger partial charge in [0.15, 0.2) is 5.16 Å². The molecule has 0 amide bonds. The number of rotatable bonds is 6. The van der Waals surface area contributed by atoms with Gasteiger partial charge in [-0.2, -0.15) is 0 Å². The maximum Gasteiger partial charge on any atom is 0.258 e. The van der Waals surface area contributed by atoms with Gasteiger partial charge in [-0.1, -0.05) is 104 Å². The lowest BCUT2D eigenvalue weighted by Gasteiger charge is -2.36. The Morgan fingerprint density at radius 1 is 1.00 bits per heavy atom. The highest BCUT2D eigenvalue weighted by molar-refractivity contribution is 7.98. The van der Waals surface area contributed by atoms with E-state index in [1.165, 1.54) is 22.3 Å². The zero-order valence-corrected chi connectivity index (χ0v) is 21.8. The second-order valence-corrected chi connectivity index (χ2v) is 10.9. The SMILES string of the molecule is CCC1(C)Cc2ccccc2-c2nc(SCc3ccc(C)cc3C)n(Cc3ccccc3)c(=O)c21. The second-order valence-electron chi connectivity index (χ2n) is 9.96. The van der Waals surface area contributed by atoms with Crippen molar-refractivity contribution in [2.45, 2.75) is 63.4 Å². The van der Waals surface area contributed by atoms with E-state index in [0.29, 0.717) is 6.54 Å². The number of hydrogen-bond acceptors (Lipinski definition) is 3. The highest BCUT2D eigenvalue weighted by atomic mass is 32.2. The molecule has 0 saturated carbocycles. The Kier molecular flexibility index (Phi) is 6.41. The Balaban J connectivity index is 1.67. The summed E-state index contributed by atoms with van der Waals surface area (Å²) < 4.78 is 1.91. The van der Waals surface area contributed by atoms with Gasteiger partial charge >= 0.3 is 0 Å². The third kappa shape index (κ3) is 4.48. The number of benzene rings is 3. The molecule has 0 spiro atoms. The largest absolute Gasteiger partial charge is 0.283 e. The van der Waals surface area contributed by atoms with Gasteiger partial charge in [-0.25, -0.2) is 4.98 Å². The van der Waals surface area contributed by atoms with E-state index in [-0.39, 0.29) is 11.0 Å². The molecule has 0 bridgehead atoms. The molecular formula is C31H32N2OS. The summed E-state index contributed by atoms with van der Waals surface area (Å²) in [6.45, 7) is 9.20.